The first-order valence-corrected chi connectivity index (χ1v) is 6.89. The third-order valence-electron chi connectivity index (χ3n) is 3.03. The van der Waals surface area contributed by atoms with Crippen molar-refractivity contribution in [3.05, 3.63) is 11.3 Å². The van der Waals surface area contributed by atoms with Crippen molar-refractivity contribution >= 4 is 29.7 Å². The zero-order valence-electron chi connectivity index (χ0n) is 11.0. The van der Waals surface area contributed by atoms with Gasteiger partial charge in [0.1, 0.15) is 23.7 Å². The van der Waals surface area contributed by atoms with Gasteiger partial charge in [0.25, 0.3) is 0 Å². The van der Waals surface area contributed by atoms with E-state index in [1.807, 2.05) is 0 Å². The Morgan fingerprint density at radius 2 is 2.20 bits per heavy atom. The van der Waals surface area contributed by atoms with Crippen LogP contribution in [-0.4, -0.2) is 70.7 Å². The van der Waals surface area contributed by atoms with Crippen LogP contribution in [0.5, 0.6) is 0 Å². The summed E-state index contributed by atoms with van der Waals surface area (Å²) >= 11 is 1.37. The average molecular weight is 301 g/mol. The minimum absolute atomic E-state index is 0.119. The molecule has 2 amide bonds. The van der Waals surface area contributed by atoms with Crippen molar-refractivity contribution in [2.45, 2.75) is 11.4 Å². The van der Waals surface area contributed by atoms with E-state index < -0.39 is 24.0 Å². The van der Waals surface area contributed by atoms with Crippen molar-refractivity contribution in [1.82, 2.24) is 9.80 Å². The fourth-order valence-electron chi connectivity index (χ4n) is 1.97. The lowest BCUT2D eigenvalue weighted by atomic mass is 10.0. The monoisotopic (exact) mass is 301 g/mol. The molecule has 1 unspecified atom stereocenters. The van der Waals surface area contributed by atoms with Crippen molar-refractivity contribution in [3.8, 4) is 0 Å². The van der Waals surface area contributed by atoms with Crippen molar-refractivity contribution in [2.75, 3.05) is 26.5 Å². The molecule has 0 aromatic carbocycles. The standard InChI is InChI=1S/C11H15N3O5S/c1-13(2)11(18)19-3-5-4-20-9-6(12)8(15)14(9)7(5)10(16)17/h6,9H,3-4,12H2,1-2H3,(H,16,17)/t6?,9-/m1/s1. The first kappa shape index (κ1) is 14.7. The molecule has 0 aliphatic carbocycles. The fraction of sp³-hybridized carbons (Fsp3) is 0.545. The van der Waals surface area contributed by atoms with Crippen molar-refractivity contribution in [3.63, 3.8) is 0 Å². The summed E-state index contributed by atoms with van der Waals surface area (Å²) in [6, 6.07) is -0.666. The number of aliphatic carboxylic acids is 1. The number of amides is 2. The Bertz CT molecular complexity index is 504. The molecule has 2 heterocycles. The van der Waals surface area contributed by atoms with Gasteiger partial charge in [0, 0.05) is 25.4 Å². The molecule has 8 nitrogen and oxygen atoms in total. The molecule has 0 radical (unpaired) electrons. The molecule has 2 rings (SSSR count). The lowest BCUT2D eigenvalue weighted by Gasteiger charge is -2.47. The normalized spacial score (nSPS) is 24.9. The van der Waals surface area contributed by atoms with E-state index in [-0.39, 0.29) is 17.7 Å². The van der Waals surface area contributed by atoms with Crippen molar-refractivity contribution in [1.29, 1.82) is 0 Å². The Labute approximate surface area is 119 Å². The summed E-state index contributed by atoms with van der Waals surface area (Å²) in [4.78, 5) is 36.8. The third kappa shape index (κ3) is 2.34. The van der Waals surface area contributed by atoms with Gasteiger partial charge in [-0.05, 0) is 0 Å². The van der Waals surface area contributed by atoms with Gasteiger partial charge in [-0.3, -0.25) is 9.69 Å². The lowest BCUT2D eigenvalue weighted by Crippen LogP contribution is -2.68. The van der Waals surface area contributed by atoms with Gasteiger partial charge in [-0.1, -0.05) is 0 Å². The van der Waals surface area contributed by atoms with Crippen LogP contribution in [0.3, 0.4) is 0 Å². The Morgan fingerprint density at radius 1 is 1.55 bits per heavy atom. The Morgan fingerprint density at radius 3 is 2.75 bits per heavy atom. The van der Waals surface area contributed by atoms with Crippen LogP contribution in [0, 0.1) is 0 Å². The van der Waals surface area contributed by atoms with E-state index in [0.29, 0.717) is 11.3 Å². The molecule has 20 heavy (non-hydrogen) atoms. The molecule has 2 aliphatic rings. The van der Waals surface area contributed by atoms with Gasteiger partial charge in [-0.25, -0.2) is 9.59 Å². The number of β-lactam (4-membered cyclic amide) rings is 1. The number of carbonyl (C=O) groups excluding carboxylic acids is 2. The molecule has 9 heteroatoms. The van der Waals surface area contributed by atoms with Crippen LogP contribution in [0.1, 0.15) is 0 Å². The zero-order valence-corrected chi connectivity index (χ0v) is 11.8. The molecule has 0 aromatic heterocycles. The van der Waals surface area contributed by atoms with E-state index in [2.05, 4.69) is 0 Å². The summed E-state index contributed by atoms with van der Waals surface area (Å²) in [5.41, 5.74) is 5.91. The Hall–Kier alpha value is -1.74. The van der Waals surface area contributed by atoms with Crippen molar-refractivity contribution in [2.24, 2.45) is 5.73 Å². The van der Waals surface area contributed by atoms with Crippen LogP contribution in [0.4, 0.5) is 4.79 Å². The van der Waals surface area contributed by atoms with Crippen LogP contribution in [0.15, 0.2) is 11.3 Å². The average Bonchev–Trinajstić information content (AvgIpc) is 2.42. The maximum atomic E-state index is 11.7. The fourth-order valence-corrected chi connectivity index (χ4v) is 3.24. The van der Waals surface area contributed by atoms with Gasteiger partial charge < -0.3 is 20.5 Å². The molecular weight excluding hydrogens is 286 g/mol. The minimum Gasteiger partial charge on any atom is -0.477 e. The molecule has 1 saturated heterocycles. The number of rotatable bonds is 3. The maximum absolute atomic E-state index is 11.7. The molecule has 0 saturated carbocycles. The molecule has 2 aliphatic heterocycles. The minimum atomic E-state index is -1.22. The SMILES string of the molecule is CN(C)C(=O)OCC1=C(C(=O)O)N2C(=O)C(N)[C@H]2SC1. The Kier molecular flexibility index (Phi) is 3.91. The van der Waals surface area contributed by atoms with Crippen LogP contribution < -0.4 is 5.73 Å². The molecule has 1 fully saturated rings. The number of carbonyl (C=O) groups is 3. The van der Waals surface area contributed by atoms with Gasteiger partial charge in [0.2, 0.25) is 5.91 Å². The highest BCUT2D eigenvalue weighted by atomic mass is 32.2. The number of nitrogens with two attached hydrogens (primary N) is 1. The first-order chi connectivity index (χ1) is 9.34. The zero-order chi connectivity index (χ0) is 15.0. The lowest BCUT2D eigenvalue weighted by molar-refractivity contribution is -0.148. The number of fused-ring (bicyclic) bond motifs is 1. The number of hydrogen-bond donors (Lipinski definition) is 2. The van der Waals surface area contributed by atoms with E-state index in [0.717, 1.165) is 0 Å². The highest BCUT2D eigenvalue weighted by Gasteiger charge is 2.51. The number of thioether (sulfide) groups is 1. The maximum Gasteiger partial charge on any atom is 0.409 e. The van der Waals surface area contributed by atoms with Crippen LogP contribution in [-0.2, 0) is 14.3 Å². The number of carboxylic acid groups (broad SMARTS) is 1. The molecule has 3 N–H and O–H groups in total. The van der Waals surface area contributed by atoms with E-state index in [1.165, 1.54) is 35.7 Å². The quantitative estimate of drug-likeness (QED) is 0.660. The number of ether oxygens (including phenoxy) is 1. The summed E-state index contributed by atoms with van der Waals surface area (Å²) in [6.45, 7) is -0.155. The predicted molar refractivity (Wildman–Crippen MR) is 70.8 cm³/mol. The predicted octanol–water partition coefficient (Wildman–Crippen LogP) is -0.734. The molecule has 0 spiro atoms. The Balaban J connectivity index is 2.18. The van der Waals surface area contributed by atoms with Gasteiger partial charge in [-0.15, -0.1) is 11.8 Å². The van der Waals surface area contributed by atoms with E-state index >= 15 is 0 Å². The molecule has 110 valence electrons. The van der Waals surface area contributed by atoms with Gasteiger partial charge >= 0.3 is 12.1 Å². The van der Waals surface area contributed by atoms with Crippen LogP contribution in [0.2, 0.25) is 0 Å². The second-order valence-electron chi connectivity index (χ2n) is 4.64. The van der Waals surface area contributed by atoms with Crippen molar-refractivity contribution < 1.29 is 24.2 Å². The first-order valence-electron chi connectivity index (χ1n) is 5.84. The largest absolute Gasteiger partial charge is 0.477 e. The summed E-state index contributed by atoms with van der Waals surface area (Å²) in [6.07, 6.45) is -0.569. The molecule has 2 atom stereocenters. The number of hydrogen-bond acceptors (Lipinski definition) is 6. The summed E-state index contributed by atoms with van der Waals surface area (Å²) in [7, 11) is 3.05. The second-order valence-corrected chi connectivity index (χ2v) is 5.75. The molecule has 0 aromatic rings. The van der Waals surface area contributed by atoms with Gasteiger partial charge in [0.15, 0.2) is 0 Å². The number of carboxylic acids is 1. The highest BCUT2D eigenvalue weighted by Crippen LogP contribution is 2.39. The van der Waals surface area contributed by atoms with Crippen LogP contribution in [0.25, 0.3) is 0 Å². The molecular formula is C11H15N3O5S. The summed E-state index contributed by atoms with van der Waals surface area (Å²) in [5, 5.41) is 8.91. The topological polar surface area (TPSA) is 113 Å². The molecule has 0 bridgehead atoms. The van der Waals surface area contributed by atoms with E-state index in [9.17, 15) is 19.5 Å². The van der Waals surface area contributed by atoms with Gasteiger partial charge in [-0.2, -0.15) is 0 Å². The van der Waals surface area contributed by atoms with E-state index in [4.69, 9.17) is 10.5 Å². The second kappa shape index (κ2) is 5.33. The number of nitrogens with zero attached hydrogens (tertiary/aromatic N) is 2. The highest BCUT2D eigenvalue weighted by molar-refractivity contribution is 8.00. The summed E-state index contributed by atoms with van der Waals surface area (Å²) < 4.78 is 4.98. The summed E-state index contributed by atoms with van der Waals surface area (Å²) in [5.74, 6) is -1.27. The van der Waals surface area contributed by atoms with Crippen LogP contribution >= 0.6 is 11.8 Å². The smallest absolute Gasteiger partial charge is 0.409 e. The van der Waals surface area contributed by atoms with Gasteiger partial charge in [0.05, 0.1) is 0 Å². The van der Waals surface area contributed by atoms with E-state index in [1.54, 1.807) is 0 Å². The third-order valence-corrected chi connectivity index (χ3v) is 4.39.